The van der Waals surface area contributed by atoms with Gasteiger partial charge in [0.15, 0.2) is 0 Å². The van der Waals surface area contributed by atoms with Crippen LogP contribution in [0.25, 0.3) is 0 Å². The number of halogens is 2. The number of carbonyl (C=O) groups excluding carboxylic acids is 2. The highest BCUT2D eigenvalue weighted by Gasteiger charge is 2.35. The quantitative estimate of drug-likeness (QED) is 0.190. The first kappa shape index (κ1) is 34.7. The molecule has 0 fully saturated rings. The van der Waals surface area contributed by atoms with E-state index >= 15 is 0 Å². The largest absolute Gasteiger partial charge is 0.350 e. The maximum atomic E-state index is 14.5. The third-order valence-corrected chi connectivity index (χ3v) is 9.56. The Hall–Kier alpha value is -4.21. The van der Waals surface area contributed by atoms with Crippen molar-refractivity contribution in [3.63, 3.8) is 0 Å². The summed E-state index contributed by atoms with van der Waals surface area (Å²) in [6.07, 6.45) is 0.163. The van der Waals surface area contributed by atoms with E-state index in [1.165, 1.54) is 47.4 Å². The number of carbonyl (C=O) groups is 2. The van der Waals surface area contributed by atoms with Crippen LogP contribution in [0.2, 0.25) is 5.02 Å². The van der Waals surface area contributed by atoms with E-state index in [0.717, 1.165) is 21.0 Å². The summed E-state index contributed by atoms with van der Waals surface area (Å²) in [7, 11) is -4.26. The lowest BCUT2D eigenvalue weighted by atomic mass is 10.0. The molecule has 0 radical (unpaired) electrons. The molecule has 0 saturated carbocycles. The standard InChI is InChI=1S/C36H39ClFN3O4S/c1-25-11-19-31(20-12-25)46(44,45)41(30-18-13-26(2)32(37)22-30)24-34(42)40(23-28-14-16-29(38)17-15-28)33(35(43)39-36(3,4)5)21-27-9-7-6-8-10-27/h6-20,22,33H,21,23-24H2,1-5H3,(H,39,43). The van der Waals surface area contributed by atoms with E-state index in [9.17, 15) is 22.4 Å². The molecule has 0 aliphatic heterocycles. The molecule has 0 bridgehead atoms. The van der Waals surface area contributed by atoms with Crippen molar-refractivity contribution >= 4 is 39.1 Å². The summed E-state index contributed by atoms with van der Waals surface area (Å²) in [5, 5.41) is 3.32. The number of aryl methyl sites for hydroxylation is 2. The van der Waals surface area contributed by atoms with Crippen LogP contribution in [-0.4, -0.2) is 43.3 Å². The maximum absolute atomic E-state index is 14.5. The van der Waals surface area contributed by atoms with Crippen molar-refractivity contribution in [1.82, 2.24) is 10.2 Å². The lowest BCUT2D eigenvalue weighted by Crippen LogP contribution is -2.56. The van der Waals surface area contributed by atoms with Crippen LogP contribution in [-0.2, 0) is 32.6 Å². The number of nitrogens with one attached hydrogen (secondary N) is 1. The van der Waals surface area contributed by atoms with Gasteiger partial charge in [0.25, 0.3) is 10.0 Å². The van der Waals surface area contributed by atoms with Crippen molar-refractivity contribution in [2.24, 2.45) is 0 Å². The van der Waals surface area contributed by atoms with Crippen molar-refractivity contribution in [1.29, 1.82) is 0 Å². The van der Waals surface area contributed by atoms with Crippen LogP contribution in [0.4, 0.5) is 10.1 Å². The van der Waals surface area contributed by atoms with E-state index in [1.54, 1.807) is 31.2 Å². The Bertz CT molecular complexity index is 1780. The molecule has 0 saturated heterocycles. The molecule has 10 heteroatoms. The van der Waals surface area contributed by atoms with E-state index in [-0.39, 0.29) is 23.5 Å². The predicted molar refractivity (Wildman–Crippen MR) is 181 cm³/mol. The zero-order chi connectivity index (χ0) is 33.6. The molecule has 0 aromatic heterocycles. The minimum absolute atomic E-state index is 0.000932. The molecule has 1 unspecified atom stereocenters. The minimum Gasteiger partial charge on any atom is -0.350 e. The van der Waals surface area contributed by atoms with Gasteiger partial charge in [-0.1, -0.05) is 77.8 Å². The highest BCUT2D eigenvalue weighted by molar-refractivity contribution is 7.92. The average Bonchev–Trinajstić information content (AvgIpc) is 2.99. The molecule has 7 nitrogen and oxygen atoms in total. The zero-order valence-corrected chi connectivity index (χ0v) is 28.2. The number of anilines is 1. The summed E-state index contributed by atoms with van der Waals surface area (Å²) in [6, 6.07) is 25.0. The number of hydrogen-bond acceptors (Lipinski definition) is 4. The second-order valence-electron chi connectivity index (χ2n) is 12.4. The van der Waals surface area contributed by atoms with Gasteiger partial charge in [0.05, 0.1) is 10.6 Å². The Labute approximate surface area is 276 Å². The lowest BCUT2D eigenvalue weighted by Gasteiger charge is -2.35. The van der Waals surface area contributed by atoms with Crippen molar-refractivity contribution in [2.75, 3.05) is 10.8 Å². The Balaban J connectivity index is 1.83. The molecule has 2 amide bonds. The smallest absolute Gasteiger partial charge is 0.264 e. The SMILES string of the molecule is Cc1ccc(S(=O)(=O)N(CC(=O)N(Cc2ccc(F)cc2)C(Cc2ccccc2)C(=O)NC(C)(C)C)c2ccc(C)c(Cl)c2)cc1. The summed E-state index contributed by atoms with van der Waals surface area (Å²) in [6.45, 7) is 8.48. The lowest BCUT2D eigenvalue weighted by molar-refractivity contribution is -0.140. The molecule has 242 valence electrons. The van der Waals surface area contributed by atoms with Crippen LogP contribution in [0.15, 0.2) is 102 Å². The Morgan fingerprint density at radius 2 is 1.50 bits per heavy atom. The number of rotatable bonds is 11. The minimum atomic E-state index is -4.26. The molecule has 0 spiro atoms. The molecule has 1 N–H and O–H groups in total. The fourth-order valence-corrected chi connectivity index (χ4v) is 6.48. The number of hydrogen-bond donors (Lipinski definition) is 1. The highest BCUT2D eigenvalue weighted by Crippen LogP contribution is 2.29. The van der Waals surface area contributed by atoms with Crippen molar-refractivity contribution < 1.29 is 22.4 Å². The first-order valence-corrected chi connectivity index (χ1v) is 16.7. The summed E-state index contributed by atoms with van der Waals surface area (Å²) in [4.78, 5) is 29.8. The monoisotopic (exact) mass is 663 g/mol. The van der Waals surface area contributed by atoms with Crippen molar-refractivity contribution in [2.45, 2.75) is 64.1 Å². The highest BCUT2D eigenvalue weighted by atomic mass is 35.5. The fourth-order valence-electron chi connectivity index (χ4n) is 4.90. The van der Waals surface area contributed by atoms with Gasteiger partial charge in [0.1, 0.15) is 18.4 Å². The van der Waals surface area contributed by atoms with Crippen LogP contribution in [0.1, 0.15) is 43.0 Å². The van der Waals surface area contributed by atoms with Gasteiger partial charge in [-0.15, -0.1) is 0 Å². The molecule has 1 atom stereocenters. The van der Waals surface area contributed by atoms with Crippen molar-refractivity contribution in [3.8, 4) is 0 Å². The van der Waals surface area contributed by atoms with Gasteiger partial charge in [-0.25, -0.2) is 12.8 Å². The number of nitrogens with zero attached hydrogens (tertiary/aromatic N) is 2. The number of amides is 2. The maximum Gasteiger partial charge on any atom is 0.264 e. The van der Waals surface area contributed by atoms with Gasteiger partial charge < -0.3 is 10.2 Å². The molecule has 0 aliphatic rings. The Morgan fingerprint density at radius 3 is 2.09 bits per heavy atom. The van der Waals surface area contributed by atoms with Crippen LogP contribution in [0.3, 0.4) is 0 Å². The summed E-state index contributed by atoms with van der Waals surface area (Å²) < 4.78 is 43.2. The summed E-state index contributed by atoms with van der Waals surface area (Å²) in [5.74, 6) is -1.47. The van der Waals surface area contributed by atoms with Crippen LogP contribution >= 0.6 is 11.6 Å². The van der Waals surface area contributed by atoms with Gasteiger partial charge in [0, 0.05) is 23.5 Å². The Kier molecular flexibility index (Phi) is 10.9. The zero-order valence-electron chi connectivity index (χ0n) is 26.6. The molecule has 0 heterocycles. The molecular formula is C36H39ClFN3O4S. The van der Waals surface area contributed by atoms with E-state index in [0.29, 0.717) is 10.6 Å². The predicted octanol–water partition coefficient (Wildman–Crippen LogP) is 6.85. The van der Waals surface area contributed by atoms with E-state index < -0.39 is 45.8 Å². The van der Waals surface area contributed by atoms with Gasteiger partial charge in [-0.3, -0.25) is 13.9 Å². The average molecular weight is 664 g/mol. The van der Waals surface area contributed by atoms with Crippen LogP contribution in [0.5, 0.6) is 0 Å². The molecule has 4 aromatic carbocycles. The van der Waals surface area contributed by atoms with E-state index in [1.807, 2.05) is 58.0 Å². The fraction of sp³-hybridized carbons (Fsp3) is 0.278. The first-order valence-electron chi connectivity index (χ1n) is 14.9. The van der Waals surface area contributed by atoms with Crippen molar-refractivity contribution in [3.05, 3.63) is 130 Å². The van der Waals surface area contributed by atoms with E-state index in [2.05, 4.69) is 5.32 Å². The van der Waals surface area contributed by atoms with E-state index in [4.69, 9.17) is 11.6 Å². The third-order valence-electron chi connectivity index (χ3n) is 7.37. The molecule has 0 aliphatic carbocycles. The molecule has 4 rings (SSSR count). The first-order chi connectivity index (χ1) is 21.6. The molecule has 4 aromatic rings. The van der Waals surface area contributed by atoms with Crippen LogP contribution in [0, 0.1) is 19.7 Å². The second kappa shape index (κ2) is 14.5. The molecular weight excluding hydrogens is 625 g/mol. The van der Waals surface area contributed by atoms with Crippen LogP contribution < -0.4 is 9.62 Å². The topological polar surface area (TPSA) is 86.8 Å². The number of benzene rings is 4. The third kappa shape index (κ3) is 8.95. The second-order valence-corrected chi connectivity index (χ2v) is 14.6. The van der Waals surface area contributed by atoms with Gasteiger partial charge in [-0.05, 0) is 87.7 Å². The number of sulfonamides is 1. The molecule has 46 heavy (non-hydrogen) atoms. The van der Waals surface area contributed by atoms with Gasteiger partial charge in [0.2, 0.25) is 11.8 Å². The summed E-state index contributed by atoms with van der Waals surface area (Å²) in [5.41, 5.74) is 2.58. The Morgan fingerprint density at radius 1 is 0.870 bits per heavy atom. The van der Waals surface area contributed by atoms with Gasteiger partial charge in [-0.2, -0.15) is 0 Å². The van der Waals surface area contributed by atoms with Gasteiger partial charge >= 0.3 is 0 Å². The summed E-state index contributed by atoms with van der Waals surface area (Å²) >= 11 is 6.44. The normalized spacial score (nSPS) is 12.3.